The predicted octanol–water partition coefficient (Wildman–Crippen LogP) is 4.82. The van der Waals surface area contributed by atoms with Crippen LogP contribution in [0.25, 0.3) is 10.9 Å². The molecular weight excluding hydrogens is 324 g/mol. The van der Waals surface area contributed by atoms with E-state index in [2.05, 4.69) is 5.32 Å². The number of nitrogens with one attached hydrogen (secondary N) is 1. The summed E-state index contributed by atoms with van der Waals surface area (Å²) >= 11 is 0. The van der Waals surface area contributed by atoms with E-state index in [9.17, 15) is 9.59 Å². The Hall–Kier alpha value is -2.88. The summed E-state index contributed by atoms with van der Waals surface area (Å²) in [7, 11) is 0. The number of carbonyl (C=O) groups is 2. The third-order valence-electron chi connectivity index (χ3n) is 4.45. The van der Waals surface area contributed by atoms with Gasteiger partial charge < -0.3 is 9.88 Å². The van der Waals surface area contributed by atoms with Crippen molar-refractivity contribution < 1.29 is 9.59 Å². The second-order valence-electron chi connectivity index (χ2n) is 7.63. The molecule has 4 heteroatoms. The van der Waals surface area contributed by atoms with Crippen molar-refractivity contribution in [2.75, 3.05) is 5.32 Å². The quantitative estimate of drug-likeness (QED) is 0.687. The van der Waals surface area contributed by atoms with Gasteiger partial charge in [-0.25, -0.2) is 0 Å². The SMILES string of the molecule is Cc1ccccc1NC(=O)Cn1cc(C(=O)C(C)(C)C)c2ccccc21. The van der Waals surface area contributed by atoms with Crippen molar-refractivity contribution in [1.82, 2.24) is 4.57 Å². The third-order valence-corrected chi connectivity index (χ3v) is 4.45. The Bertz CT molecular complexity index is 977. The Morgan fingerprint density at radius 2 is 1.65 bits per heavy atom. The van der Waals surface area contributed by atoms with Gasteiger partial charge in [-0.2, -0.15) is 0 Å². The molecule has 0 aliphatic carbocycles. The third kappa shape index (κ3) is 3.54. The molecule has 26 heavy (non-hydrogen) atoms. The van der Waals surface area contributed by atoms with Gasteiger partial charge in [-0.15, -0.1) is 0 Å². The van der Waals surface area contributed by atoms with E-state index in [-0.39, 0.29) is 18.2 Å². The van der Waals surface area contributed by atoms with Crippen LogP contribution in [-0.2, 0) is 11.3 Å². The maximum Gasteiger partial charge on any atom is 0.244 e. The summed E-state index contributed by atoms with van der Waals surface area (Å²) in [6, 6.07) is 15.4. The van der Waals surface area contributed by atoms with Crippen LogP contribution in [0.4, 0.5) is 5.69 Å². The first-order chi connectivity index (χ1) is 12.3. The van der Waals surface area contributed by atoms with Crippen LogP contribution >= 0.6 is 0 Å². The molecule has 0 unspecified atom stereocenters. The zero-order valence-corrected chi connectivity index (χ0v) is 15.7. The van der Waals surface area contributed by atoms with Gasteiger partial charge in [0.1, 0.15) is 6.54 Å². The average molecular weight is 348 g/mol. The summed E-state index contributed by atoms with van der Waals surface area (Å²) in [5.74, 6) is -0.0402. The highest BCUT2D eigenvalue weighted by molar-refractivity contribution is 6.10. The molecule has 0 atom stereocenters. The predicted molar refractivity (Wildman–Crippen MR) is 106 cm³/mol. The lowest BCUT2D eigenvalue weighted by molar-refractivity contribution is -0.116. The number of aryl methyl sites for hydroxylation is 1. The molecule has 0 fully saturated rings. The van der Waals surface area contributed by atoms with Gasteiger partial charge in [0, 0.05) is 33.8 Å². The average Bonchev–Trinajstić information content (AvgIpc) is 2.94. The maximum absolute atomic E-state index is 12.8. The standard InChI is InChI=1S/C22H24N2O2/c1-15-9-5-7-11-18(15)23-20(25)14-24-13-17(21(26)22(2,3)4)16-10-6-8-12-19(16)24/h5-13H,14H2,1-4H3,(H,23,25). The van der Waals surface area contributed by atoms with Crippen molar-refractivity contribution in [2.24, 2.45) is 5.41 Å². The number of ketones is 1. The fourth-order valence-corrected chi connectivity index (χ4v) is 3.02. The van der Waals surface area contributed by atoms with Gasteiger partial charge in [0.25, 0.3) is 0 Å². The largest absolute Gasteiger partial charge is 0.337 e. The second-order valence-corrected chi connectivity index (χ2v) is 7.63. The molecule has 0 radical (unpaired) electrons. The Morgan fingerprint density at radius 3 is 2.35 bits per heavy atom. The van der Waals surface area contributed by atoms with E-state index in [1.165, 1.54) is 0 Å². The van der Waals surface area contributed by atoms with E-state index in [1.807, 2.05) is 80.8 Å². The minimum absolute atomic E-state index is 0.0757. The van der Waals surface area contributed by atoms with Gasteiger partial charge in [-0.1, -0.05) is 57.2 Å². The van der Waals surface area contributed by atoms with Crippen molar-refractivity contribution in [1.29, 1.82) is 0 Å². The van der Waals surface area contributed by atoms with E-state index in [4.69, 9.17) is 0 Å². The molecule has 4 nitrogen and oxygen atoms in total. The number of rotatable bonds is 4. The van der Waals surface area contributed by atoms with Crippen molar-refractivity contribution >= 4 is 28.3 Å². The Labute approximate surface area is 153 Å². The number of benzene rings is 2. The van der Waals surface area contributed by atoms with Crippen LogP contribution in [0.3, 0.4) is 0 Å². The second kappa shape index (κ2) is 6.79. The molecule has 134 valence electrons. The number of Topliss-reactive ketones (excluding diaryl/α,β-unsaturated/α-hetero) is 1. The molecule has 1 heterocycles. The van der Waals surface area contributed by atoms with Gasteiger partial charge in [0.2, 0.25) is 5.91 Å². The number of para-hydroxylation sites is 2. The van der Waals surface area contributed by atoms with Gasteiger partial charge in [0.05, 0.1) is 0 Å². The highest BCUT2D eigenvalue weighted by atomic mass is 16.2. The summed E-state index contributed by atoms with van der Waals surface area (Å²) in [5, 5.41) is 3.83. The monoisotopic (exact) mass is 348 g/mol. The number of fused-ring (bicyclic) bond motifs is 1. The summed E-state index contributed by atoms with van der Waals surface area (Å²) in [6.07, 6.45) is 1.80. The number of carbonyl (C=O) groups excluding carboxylic acids is 2. The number of nitrogens with zero attached hydrogens (tertiary/aromatic N) is 1. The van der Waals surface area contributed by atoms with Crippen molar-refractivity contribution in [3.05, 3.63) is 65.9 Å². The topological polar surface area (TPSA) is 51.1 Å². The van der Waals surface area contributed by atoms with Crippen LogP contribution in [0.1, 0.15) is 36.7 Å². The van der Waals surface area contributed by atoms with E-state index in [0.717, 1.165) is 22.2 Å². The molecule has 1 N–H and O–H groups in total. The van der Waals surface area contributed by atoms with Crippen LogP contribution in [0, 0.1) is 12.3 Å². The van der Waals surface area contributed by atoms with Gasteiger partial charge in [-0.3, -0.25) is 9.59 Å². The van der Waals surface area contributed by atoms with Crippen LogP contribution in [0.2, 0.25) is 0 Å². The Morgan fingerprint density at radius 1 is 1.00 bits per heavy atom. The first-order valence-corrected chi connectivity index (χ1v) is 8.75. The molecular formula is C22H24N2O2. The van der Waals surface area contributed by atoms with Crippen molar-refractivity contribution in [3.8, 4) is 0 Å². The fourth-order valence-electron chi connectivity index (χ4n) is 3.02. The molecule has 3 aromatic rings. The van der Waals surface area contributed by atoms with Gasteiger partial charge in [0.15, 0.2) is 5.78 Å². The number of hydrogen-bond donors (Lipinski definition) is 1. The van der Waals surface area contributed by atoms with E-state index in [0.29, 0.717) is 5.56 Å². The zero-order chi connectivity index (χ0) is 18.9. The van der Waals surface area contributed by atoms with Crippen LogP contribution in [0.15, 0.2) is 54.7 Å². The molecule has 2 aromatic carbocycles. The Kier molecular flexibility index (Phi) is 4.68. The number of hydrogen-bond acceptors (Lipinski definition) is 2. The van der Waals surface area contributed by atoms with Gasteiger partial charge >= 0.3 is 0 Å². The van der Waals surface area contributed by atoms with Crippen molar-refractivity contribution in [2.45, 2.75) is 34.2 Å². The lowest BCUT2D eigenvalue weighted by Gasteiger charge is -2.15. The number of aromatic nitrogens is 1. The number of anilines is 1. The van der Waals surface area contributed by atoms with Gasteiger partial charge in [-0.05, 0) is 24.6 Å². The first kappa shape index (κ1) is 17.9. The zero-order valence-electron chi connectivity index (χ0n) is 15.7. The summed E-state index contributed by atoms with van der Waals surface area (Å²) in [4.78, 5) is 25.3. The summed E-state index contributed by atoms with van der Waals surface area (Å²) in [6.45, 7) is 7.85. The molecule has 0 saturated heterocycles. The fraction of sp³-hybridized carbons (Fsp3) is 0.273. The number of amides is 1. The molecule has 1 aromatic heterocycles. The molecule has 0 spiro atoms. The van der Waals surface area contributed by atoms with Crippen LogP contribution in [-0.4, -0.2) is 16.3 Å². The molecule has 3 rings (SSSR count). The molecule has 0 aliphatic rings. The van der Waals surface area contributed by atoms with E-state index >= 15 is 0 Å². The minimum atomic E-state index is -0.474. The lowest BCUT2D eigenvalue weighted by Crippen LogP contribution is -2.20. The van der Waals surface area contributed by atoms with Crippen molar-refractivity contribution in [3.63, 3.8) is 0 Å². The van der Waals surface area contributed by atoms with Crippen LogP contribution < -0.4 is 5.32 Å². The normalized spacial score (nSPS) is 11.5. The summed E-state index contributed by atoms with van der Waals surface area (Å²) in [5.41, 5.74) is 2.90. The first-order valence-electron chi connectivity index (χ1n) is 8.75. The highest BCUT2D eigenvalue weighted by Crippen LogP contribution is 2.28. The van der Waals surface area contributed by atoms with Crippen LogP contribution in [0.5, 0.6) is 0 Å². The smallest absolute Gasteiger partial charge is 0.244 e. The molecule has 1 amide bonds. The van der Waals surface area contributed by atoms with E-state index in [1.54, 1.807) is 6.20 Å². The molecule has 0 aliphatic heterocycles. The maximum atomic E-state index is 12.8. The highest BCUT2D eigenvalue weighted by Gasteiger charge is 2.26. The minimum Gasteiger partial charge on any atom is -0.337 e. The molecule has 0 bridgehead atoms. The Balaban J connectivity index is 1.92. The molecule has 0 saturated carbocycles. The lowest BCUT2D eigenvalue weighted by atomic mass is 9.86. The summed E-state index contributed by atoms with van der Waals surface area (Å²) < 4.78 is 1.85. The van der Waals surface area contributed by atoms with E-state index < -0.39 is 5.41 Å².